The number of carbonyl (C=O) groups excluding carboxylic acids is 1. The van der Waals surface area contributed by atoms with Crippen molar-refractivity contribution in [2.45, 2.75) is 108 Å². The molecule has 0 saturated heterocycles. The van der Waals surface area contributed by atoms with E-state index >= 15 is 0 Å². The van der Waals surface area contributed by atoms with Crippen molar-refractivity contribution in [2.24, 2.45) is 5.73 Å². The van der Waals surface area contributed by atoms with Crippen molar-refractivity contribution in [1.29, 1.82) is 5.26 Å². The summed E-state index contributed by atoms with van der Waals surface area (Å²) in [6.45, 7) is 0.438. The lowest BCUT2D eigenvalue weighted by atomic mass is 9.85. The molecule has 0 bridgehead atoms. The maximum absolute atomic E-state index is 10.5. The van der Waals surface area contributed by atoms with Gasteiger partial charge in [-0.25, -0.2) is 0 Å². The normalized spacial score (nSPS) is 24.6. The van der Waals surface area contributed by atoms with Gasteiger partial charge in [0.25, 0.3) is 0 Å². The average molecular weight is 353 g/mol. The van der Waals surface area contributed by atoms with Crippen LogP contribution in [0.3, 0.4) is 0 Å². The minimum Gasteiger partial charge on any atom is -0.389 e. The molecule has 5 heteroatoms. The molecule has 0 radical (unpaired) electrons. The number of nitriles is 1. The van der Waals surface area contributed by atoms with E-state index in [0.29, 0.717) is 25.2 Å². The minimum atomic E-state index is -0.974. The zero-order chi connectivity index (χ0) is 18.6. The second-order valence-electron chi connectivity index (χ2n) is 7.79. The average Bonchev–Trinajstić information content (AvgIpc) is 2.65. The molecule has 0 aromatic carbocycles. The van der Waals surface area contributed by atoms with Crippen LogP contribution in [-0.4, -0.2) is 33.7 Å². The molecule has 3 aliphatic rings. The maximum atomic E-state index is 10.5. The van der Waals surface area contributed by atoms with Gasteiger partial charge >= 0.3 is 0 Å². The van der Waals surface area contributed by atoms with Gasteiger partial charge in [-0.05, 0) is 51.4 Å². The molecule has 0 unspecified atom stereocenters. The summed E-state index contributed by atoms with van der Waals surface area (Å²) in [6, 6.07) is 1.94. The number of ketones is 1. The third kappa shape index (κ3) is 9.34. The lowest BCUT2D eigenvalue weighted by Crippen LogP contribution is -2.39. The van der Waals surface area contributed by atoms with Gasteiger partial charge in [-0.3, -0.25) is 4.79 Å². The summed E-state index contributed by atoms with van der Waals surface area (Å²) in [6.07, 6.45) is 15.1. The standard InChI is InChI=1S/C7H15NO.C7H11NO.C6H10O/c2*8-6-7(9)4-2-1-3-5-7;7-6-4-2-1-3-5-6/h9H,1-6,8H2;9H,1-5H2;1-5H2. The van der Waals surface area contributed by atoms with E-state index in [1.807, 2.05) is 6.07 Å². The molecule has 0 atom stereocenters. The van der Waals surface area contributed by atoms with Gasteiger partial charge in [-0.1, -0.05) is 32.1 Å². The molecule has 4 N–H and O–H groups in total. The molecular weight excluding hydrogens is 316 g/mol. The minimum absolute atomic E-state index is 0.438. The Morgan fingerprint density at radius 3 is 1.56 bits per heavy atom. The summed E-state index contributed by atoms with van der Waals surface area (Å²) in [7, 11) is 0. The number of carbonyl (C=O) groups is 1. The summed E-state index contributed by atoms with van der Waals surface area (Å²) in [5.41, 5.74) is 3.91. The Morgan fingerprint density at radius 2 is 1.28 bits per heavy atom. The Balaban J connectivity index is 0.000000189. The van der Waals surface area contributed by atoms with Crippen molar-refractivity contribution < 1.29 is 15.0 Å². The van der Waals surface area contributed by atoms with Crippen molar-refractivity contribution in [3.8, 4) is 6.07 Å². The molecule has 3 rings (SSSR count). The molecule has 3 aliphatic carbocycles. The Hall–Kier alpha value is -0.960. The molecule has 0 amide bonds. The molecule has 0 aromatic heterocycles. The number of Topliss-reactive ketones (excluding diaryl/α,β-unsaturated/α-hetero) is 1. The lowest BCUT2D eigenvalue weighted by molar-refractivity contribution is -0.120. The van der Waals surface area contributed by atoms with Gasteiger partial charge in [0.15, 0.2) is 5.60 Å². The summed E-state index contributed by atoms with van der Waals surface area (Å²) in [5, 5.41) is 27.3. The predicted molar refractivity (Wildman–Crippen MR) is 98.8 cm³/mol. The Kier molecular flexibility index (Phi) is 10.3. The zero-order valence-corrected chi connectivity index (χ0v) is 15.6. The largest absolute Gasteiger partial charge is 0.389 e. The predicted octanol–water partition coefficient (Wildman–Crippen LogP) is 3.37. The van der Waals surface area contributed by atoms with Crippen LogP contribution in [0.1, 0.15) is 96.3 Å². The zero-order valence-electron chi connectivity index (χ0n) is 15.6. The first kappa shape index (κ1) is 22.1. The molecule has 0 aromatic rings. The van der Waals surface area contributed by atoms with Gasteiger partial charge in [0.1, 0.15) is 5.78 Å². The third-order valence-corrected chi connectivity index (χ3v) is 5.46. The Labute approximate surface area is 152 Å². The molecule has 0 spiro atoms. The van der Waals surface area contributed by atoms with Crippen molar-refractivity contribution in [1.82, 2.24) is 0 Å². The van der Waals surface area contributed by atoms with Crippen LogP contribution in [0.25, 0.3) is 0 Å². The molecule has 3 saturated carbocycles. The van der Waals surface area contributed by atoms with Crippen LogP contribution in [0.15, 0.2) is 0 Å². The topological polar surface area (TPSA) is 107 Å². The van der Waals surface area contributed by atoms with Gasteiger partial charge in [0.2, 0.25) is 0 Å². The summed E-state index contributed by atoms with van der Waals surface area (Å²) < 4.78 is 0. The van der Waals surface area contributed by atoms with Gasteiger partial charge in [0, 0.05) is 19.4 Å². The molecule has 5 nitrogen and oxygen atoms in total. The highest BCUT2D eigenvalue weighted by Crippen LogP contribution is 2.27. The van der Waals surface area contributed by atoms with E-state index < -0.39 is 11.2 Å². The van der Waals surface area contributed by atoms with Gasteiger partial charge in [-0.2, -0.15) is 5.26 Å². The first-order valence-electron chi connectivity index (χ1n) is 10.0. The van der Waals surface area contributed by atoms with Gasteiger partial charge < -0.3 is 15.9 Å². The molecule has 3 fully saturated rings. The SMILES string of the molecule is N#CC1(O)CCCCC1.NCC1(O)CCCCC1.O=C1CCCCC1. The van der Waals surface area contributed by atoms with Crippen LogP contribution in [0.4, 0.5) is 0 Å². The third-order valence-electron chi connectivity index (χ3n) is 5.46. The van der Waals surface area contributed by atoms with E-state index in [9.17, 15) is 15.0 Å². The van der Waals surface area contributed by atoms with E-state index in [2.05, 4.69) is 0 Å². The fraction of sp³-hybridized carbons (Fsp3) is 0.900. The van der Waals surface area contributed by atoms with Gasteiger partial charge in [-0.15, -0.1) is 0 Å². The molecule has 144 valence electrons. The van der Waals surface area contributed by atoms with Crippen molar-refractivity contribution >= 4 is 5.78 Å². The van der Waals surface area contributed by atoms with E-state index in [0.717, 1.165) is 64.2 Å². The lowest BCUT2D eigenvalue weighted by Gasteiger charge is -2.30. The molecule has 0 heterocycles. The van der Waals surface area contributed by atoms with Crippen molar-refractivity contribution in [2.75, 3.05) is 6.54 Å². The van der Waals surface area contributed by atoms with Crippen LogP contribution in [-0.2, 0) is 4.79 Å². The van der Waals surface area contributed by atoms with Crippen LogP contribution < -0.4 is 5.73 Å². The monoisotopic (exact) mass is 352 g/mol. The van der Waals surface area contributed by atoms with Crippen LogP contribution in [0.5, 0.6) is 0 Å². The number of hydrogen-bond donors (Lipinski definition) is 3. The highest BCUT2D eigenvalue weighted by Gasteiger charge is 2.28. The first-order chi connectivity index (χ1) is 11.9. The summed E-state index contributed by atoms with van der Waals surface area (Å²) >= 11 is 0. The fourth-order valence-electron chi connectivity index (χ4n) is 3.61. The van der Waals surface area contributed by atoms with E-state index in [1.54, 1.807) is 0 Å². The fourth-order valence-corrected chi connectivity index (χ4v) is 3.61. The number of nitrogens with two attached hydrogens (primary N) is 1. The molecular formula is C20H36N2O3. The second kappa shape index (κ2) is 11.6. The quantitative estimate of drug-likeness (QED) is 0.627. The van der Waals surface area contributed by atoms with Crippen molar-refractivity contribution in [3.63, 3.8) is 0 Å². The van der Waals surface area contributed by atoms with Crippen LogP contribution >= 0.6 is 0 Å². The van der Waals surface area contributed by atoms with Crippen LogP contribution in [0, 0.1) is 11.3 Å². The van der Waals surface area contributed by atoms with Crippen molar-refractivity contribution in [3.05, 3.63) is 0 Å². The number of nitrogens with zero attached hydrogens (tertiary/aromatic N) is 1. The molecule has 0 aliphatic heterocycles. The smallest absolute Gasteiger partial charge is 0.151 e. The first-order valence-corrected chi connectivity index (χ1v) is 10.0. The summed E-state index contributed by atoms with van der Waals surface area (Å²) in [4.78, 5) is 10.5. The Morgan fingerprint density at radius 1 is 0.840 bits per heavy atom. The van der Waals surface area contributed by atoms with E-state index in [1.165, 1.54) is 19.3 Å². The molecule has 25 heavy (non-hydrogen) atoms. The maximum Gasteiger partial charge on any atom is 0.151 e. The highest BCUT2D eigenvalue weighted by atomic mass is 16.3. The van der Waals surface area contributed by atoms with E-state index in [4.69, 9.17) is 11.0 Å². The number of aliphatic hydroxyl groups is 2. The van der Waals surface area contributed by atoms with E-state index in [-0.39, 0.29) is 0 Å². The van der Waals surface area contributed by atoms with Crippen LogP contribution in [0.2, 0.25) is 0 Å². The number of hydrogen-bond acceptors (Lipinski definition) is 5. The number of rotatable bonds is 1. The summed E-state index contributed by atoms with van der Waals surface area (Å²) in [5.74, 6) is 0.464. The van der Waals surface area contributed by atoms with Gasteiger partial charge in [0.05, 0.1) is 11.7 Å². The highest BCUT2D eigenvalue weighted by molar-refractivity contribution is 5.78. The second-order valence-corrected chi connectivity index (χ2v) is 7.79. The Bertz CT molecular complexity index is 411.